The third-order valence-corrected chi connectivity index (χ3v) is 3.64. The average molecular weight is 275 g/mol. The maximum absolute atomic E-state index is 12.1. The summed E-state index contributed by atoms with van der Waals surface area (Å²) in [5, 5.41) is 4.16. The molecule has 6 nitrogen and oxygen atoms in total. The summed E-state index contributed by atoms with van der Waals surface area (Å²) in [6, 6.07) is 1.59. The number of hydroxylamine groups is 2. The Morgan fingerprint density at radius 1 is 1.55 bits per heavy atom. The van der Waals surface area contributed by atoms with Crippen molar-refractivity contribution in [1.82, 2.24) is 10.0 Å². The molecule has 1 N–H and O–H groups in total. The standard InChI is InChI=1S/C14H17N3O3/c1-3-20-17-8(2)10-6-12(15-7-11(10)14(17)19)16-13(18)9-4-5-9/h6-9H,3-5H2,1-2H3,(H,15,16,18). The minimum atomic E-state index is -0.179. The first-order valence-electron chi connectivity index (χ1n) is 6.89. The van der Waals surface area contributed by atoms with Gasteiger partial charge in [0.25, 0.3) is 5.91 Å². The maximum atomic E-state index is 12.1. The predicted molar refractivity (Wildman–Crippen MR) is 71.8 cm³/mol. The van der Waals surface area contributed by atoms with Gasteiger partial charge in [-0.1, -0.05) is 0 Å². The van der Waals surface area contributed by atoms with Crippen LogP contribution in [0.4, 0.5) is 5.82 Å². The first kappa shape index (κ1) is 13.1. The minimum absolute atomic E-state index is 0.0103. The second-order valence-corrected chi connectivity index (χ2v) is 5.15. The monoisotopic (exact) mass is 275 g/mol. The molecule has 2 heterocycles. The fourth-order valence-corrected chi connectivity index (χ4v) is 2.37. The molecule has 1 unspecified atom stereocenters. The molecule has 106 valence electrons. The van der Waals surface area contributed by atoms with Crippen LogP contribution in [0.15, 0.2) is 12.3 Å². The summed E-state index contributed by atoms with van der Waals surface area (Å²) in [5.74, 6) is 0.459. The molecule has 1 aromatic rings. The highest BCUT2D eigenvalue weighted by atomic mass is 16.7. The Bertz CT molecular complexity index is 569. The normalized spacial score (nSPS) is 21.0. The van der Waals surface area contributed by atoms with Gasteiger partial charge in [0.2, 0.25) is 5.91 Å². The van der Waals surface area contributed by atoms with Crippen molar-refractivity contribution in [2.24, 2.45) is 5.92 Å². The molecule has 0 aromatic carbocycles. The van der Waals surface area contributed by atoms with Crippen LogP contribution in [-0.4, -0.2) is 28.5 Å². The number of fused-ring (bicyclic) bond motifs is 1. The van der Waals surface area contributed by atoms with E-state index in [1.54, 1.807) is 6.07 Å². The molecule has 3 rings (SSSR count). The number of hydrogen-bond acceptors (Lipinski definition) is 4. The Labute approximate surface area is 117 Å². The van der Waals surface area contributed by atoms with E-state index >= 15 is 0 Å². The van der Waals surface area contributed by atoms with Gasteiger partial charge < -0.3 is 5.32 Å². The van der Waals surface area contributed by atoms with Crippen molar-refractivity contribution in [2.45, 2.75) is 32.7 Å². The van der Waals surface area contributed by atoms with Crippen molar-refractivity contribution in [2.75, 3.05) is 11.9 Å². The molecule has 1 aliphatic heterocycles. The highest BCUT2D eigenvalue weighted by Gasteiger charge is 2.36. The number of hydrogen-bond donors (Lipinski definition) is 1. The van der Waals surface area contributed by atoms with Gasteiger partial charge in [0.05, 0.1) is 18.2 Å². The Hall–Kier alpha value is -1.95. The topological polar surface area (TPSA) is 71.5 Å². The zero-order valence-corrected chi connectivity index (χ0v) is 11.5. The molecule has 1 aromatic heterocycles. The van der Waals surface area contributed by atoms with Crippen molar-refractivity contribution < 1.29 is 14.4 Å². The van der Waals surface area contributed by atoms with Gasteiger partial charge in [-0.15, -0.1) is 0 Å². The van der Waals surface area contributed by atoms with Gasteiger partial charge >= 0.3 is 0 Å². The number of carbonyl (C=O) groups excluding carboxylic acids is 2. The Morgan fingerprint density at radius 2 is 2.30 bits per heavy atom. The van der Waals surface area contributed by atoms with Gasteiger partial charge in [-0.3, -0.25) is 14.4 Å². The maximum Gasteiger partial charge on any atom is 0.279 e. The highest BCUT2D eigenvalue weighted by Crippen LogP contribution is 2.35. The zero-order valence-electron chi connectivity index (χ0n) is 11.5. The van der Waals surface area contributed by atoms with Crippen LogP contribution in [-0.2, 0) is 9.63 Å². The molecular weight excluding hydrogens is 258 g/mol. The summed E-state index contributed by atoms with van der Waals surface area (Å²) in [7, 11) is 0. The first-order chi connectivity index (χ1) is 9.61. The lowest BCUT2D eigenvalue weighted by Gasteiger charge is -2.19. The summed E-state index contributed by atoms with van der Waals surface area (Å²) >= 11 is 0. The van der Waals surface area contributed by atoms with Crippen LogP contribution in [0.25, 0.3) is 0 Å². The zero-order chi connectivity index (χ0) is 14.3. The Kier molecular flexibility index (Phi) is 3.17. The lowest BCUT2D eigenvalue weighted by atomic mass is 10.1. The molecule has 1 fully saturated rings. The van der Waals surface area contributed by atoms with E-state index in [2.05, 4.69) is 10.3 Å². The molecule has 2 amide bonds. The minimum Gasteiger partial charge on any atom is -0.310 e. The van der Waals surface area contributed by atoms with Gasteiger partial charge in [0, 0.05) is 12.1 Å². The number of aromatic nitrogens is 1. The number of pyridine rings is 1. The van der Waals surface area contributed by atoms with E-state index in [0.29, 0.717) is 18.0 Å². The molecular formula is C14H17N3O3. The van der Waals surface area contributed by atoms with E-state index in [0.717, 1.165) is 18.4 Å². The average Bonchev–Trinajstić information content (AvgIpc) is 3.25. The molecule has 0 radical (unpaired) electrons. The van der Waals surface area contributed by atoms with Gasteiger partial charge in [0.15, 0.2) is 0 Å². The van der Waals surface area contributed by atoms with Gasteiger partial charge in [-0.25, -0.2) is 10.0 Å². The van der Waals surface area contributed by atoms with E-state index in [1.165, 1.54) is 11.3 Å². The predicted octanol–water partition coefficient (Wildman–Crippen LogP) is 1.90. The molecule has 0 bridgehead atoms. The van der Waals surface area contributed by atoms with Crippen LogP contribution in [0.2, 0.25) is 0 Å². The van der Waals surface area contributed by atoms with Crippen molar-refractivity contribution in [3.8, 4) is 0 Å². The first-order valence-corrected chi connectivity index (χ1v) is 6.89. The fraction of sp³-hybridized carbons (Fsp3) is 0.500. The molecule has 0 saturated heterocycles. The fourth-order valence-electron chi connectivity index (χ4n) is 2.37. The van der Waals surface area contributed by atoms with Gasteiger partial charge in [-0.05, 0) is 38.3 Å². The molecule has 1 saturated carbocycles. The van der Waals surface area contributed by atoms with E-state index in [4.69, 9.17) is 4.84 Å². The van der Waals surface area contributed by atoms with Gasteiger partial charge in [0.1, 0.15) is 5.82 Å². The van der Waals surface area contributed by atoms with Crippen molar-refractivity contribution in [1.29, 1.82) is 0 Å². The van der Waals surface area contributed by atoms with Crippen molar-refractivity contribution >= 4 is 17.6 Å². The van der Waals surface area contributed by atoms with Crippen LogP contribution >= 0.6 is 0 Å². The molecule has 0 spiro atoms. The van der Waals surface area contributed by atoms with Crippen LogP contribution in [0.5, 0.6) is 0 Å². The summed E-state index contributed by atoms with van der Waals surface area (Å²) in [6.07, 6.45) is 3.41. The third-order valence-electron chi connectivity index (χ3n) is 3.64. The van der Waals surface area contributed by atoms with E-state index < -0.39 is 0 Å². The molecule has 1 atom stereocenters. The SMILES string of the molecule is CCON1C(=O)c2cnc(NC(=O)C3CC3)cc2C1C. The van der Waals surface area contributed by atoms with Crippen molar-refractivity contribution in [3.05, 3.63) is 23.4 Å². The molecule has 20 heavy (non-hydrogen) atoms. The van der Waals surface area contributed by atoms with Crippen LogP contribution < -0.4 is 5.32 Å². The largest absolute Gasteiger partial charge is 0.310 e. The van der Waals surface area contributed by atoms with E-state index in [9.17, 15) is 9.59 Å². The summed E-state index contributed by atoms with van der Waals surface area (Å²) in [4.78, 5) is 33.3. The number of nitrogens with zero attached hydrogens (tertiary/aromatic N) is 2. The summed E-state index contributed by atoms with van der Waals surface area (Å²) < 4.78 is 0. The van der Waals surface area contributed by atoms with Crippen LogP contribution in [0.1, 0.15) is 48.7 Å². The third kappa shape index (κ3) is 2.16. The second kappa shape index (κ2) is 4.86. The van der Waals surface area contributed by atoms with Crippen molar-refractivity contribution in [3.63, 3.8) is 0 Å². The molecule has 6 heteroatoms. The molecule has 1 aliphatic carbocycles. The second-order valence-electron chi connectivity index (χ2n) is 5.15. The van der Waals surface area contributed by atoms with Crippen LogP contribution in [0, 0.1) is 5.92 Å². The number of rotatable bonds is 4. The van der Waals surface area contributed by atoms with Crippen LogP contribution in [0.3, 0.4) is 0 Å². The number of anilines is 1. The number of nitrogens with one attached hydrogen (secondary N) is 1. The van der Waals surface area contributed by atoms with E-state index in [1.807, 2.05) is 13.8 Å². The Morgan fingerprint density at radius 3 is 2.95 bits per heavy atom. The Balaban J connectivity index is 1.83. The molecule has 2 aliphatic rings. The summed E-state index contributed by atoms with van der Waals surface area (Å²) in [6.45, 7) is 4.16. The number of amides is 2. The lowest BCUT2D eigenvalue weighted by molar-refractivity contribution is -0.136. The smallest absolute Gasteiger partial charge is 0.279 e. The summed E-state index contributed by atoms with van der Waals surface area (Å²) in [5.41, 5.74) is 1.37. The highest BCUT2D eigenvalue weighted by molar-refractivity contribution is 5.99. The lowest BCUT2D eigenvalue weighted by Crippen LogP contribution is -2.26. The number of carbonyl (C=O) groups is 2. The van der Waals surface area contributed by atoms with Gasteiger partial charge in [-0.2, -0.15) is 0 Å². The van der Waals surface area contributed by atoms with E-state index in [-0.39, 0.29) is 23.8 Å². The quantitative estimate of drug-likeness (QED) is 0.911.